The monoisotopic (exact) mass is 276 g/mol. The van der Waals surface area contributed by atoms with Crippen LogP contribution in [0.1, 0.15) is 13.8 Å². The molecule has 7 heteroatoms. The third-order valence-electron chi connectivity index (χ3n) is 3.40. The standard InChI is InChI=1S/C11H20N2O4S/c1-8-4-12(5-9(2)17-8)11(14)10-6-13(7-10)18(3,15)16/h8-10H,4-7H2,1-3H3/t8-,9+. The fourth-order valence-electron chi connectivity index (χ4n) is 2.48. The van der Waals surface area contributed by atoms with Gasteiger partial charge in [0.15, 0.2) is 0 Å². The number of ether oxygens (including phenoxy) is 1. The number of carbonyl (C=O) groups is 1. The van der Waals surface area contributed by atoms with Crippen LogP contribution in [0.3, 0.4) is 0 Å². The Morgan fingerprint density at radius 2 is 1.61 bits per heavy atom. The van der Waals surface area contributed by atoms with E-state index in [0.29, 0.717) is 26.2 Å². The Morgan fingerprint density at radius 3 is 2.06 bits per heavy atom. The van der Waals surface area contributed by atoms with E-state index in [1.807, 2.05) is 13.8 Å². The van der Waals surface area contributed by atoms with Gasteiger partial charge < -0.3 is 9.64 Å². The van der Waals surface area contributed by atoms with Crippen LogP contribution in [0.5, 0.6) is 0 Å². The molecule has 0 bridgehead atoms. The SMILES string of the molecule is C[C@@H]1CN(C(=O)C2CN(S(C)(=O)=O)C2)C[C@H](C)O1. The van der Waals surface area contributed by atoms with Gasteiger partial charge in [-0.15, -0.1) is 0 Å². The summed E-state index contributed by atoms with van der Waals surface area (Å²) in [4.78, 5) is 14.0. The maximum absolute atomic E-state index is 12.2. The average molecular weight is 276 g/mol. The Bertz CT molecular complexity index is 420. The lowest BCUT2D eigenvalue weighted by Gasteiger charge is -2.42. The van der Waals surface area contributed by atoms with E-state index in [1.54, 1.807) is 4.90 Å². The second-order valence-electron chi connectivity index (χ2n) is 5.28. The Balaban J connectivity index is 1.90. The zero-order chi connectivity index (χ0) is 13.5. The third kappa shape index (κ3) is 2.84. The van der Waals surface area contributed by atoms with Crippen LogP contribution in [-0.4, -0.2) is 68.2 Å². The summed E-state index contributed by atoms with van der Waals surface area (Å²) in [5.74, 6) is -0.130. The quantitative estimate of drug-likeness (QED) is 0.683. The molecule has 6 nitrogen and oxygen atoms in total. The maximum atomic E-state index is 12.2. The number of sulfonamides is 1. The molecule has 0 unspecified atom stereocenters. The first-order valence-electron chi connectivity index (χ1n) is 6.16. The number of rotatable bonds is 2. The molecule has 0 aromatic heterocycles. The molecule has 0 aromatic carbocycles. The highest BCUT2D eigenvalue weighted by Gasteiger charge is 2.40. The lowest BCUT2D eigenvalue weighted by molar-refractivity contribution is -0.150. The van der Waals surface area contributed by atoms with E-state index in [4.69, 9.17) is 4.74 Å². The summed E-state index contributed by atoms with van der Waals surface area (Å²) < 4.78 is 29.4. The molecule has 0 saturated carbocycles. The molecule has 0 aromatic rings. The first kappa shape index (κ1) is 13.8. The van der Waals surface area contributed by atoms with Gasteiger partial charge in [-0.2, -0.15) is 0 Å². The normalized spacial score (nSPS) is 31.2. The van der Waals surface area contributed by atoms with Crippen molar-refractivity contribution in [1.29, 1.82) is 0 Å². The summed E-state index contributed by atoms with van der Waals surface area (Å²) in [6.45, 7) is 5.71. The van der Waals surface area contributed by atoms with Crippen LogP contribution in [0, 0.1) is 5.92 Å². The van der Waals surface area contributed by atoms with Gasteiger partial charge in [0.05, 0.1) is 24.4 Å². The topological polar surface area (TPSA) is 66.9 Å². The summed E-state index contributed by atoms with van der Waals surface area (Å²) in [6, 6.07) is 0. The molecule has 1 amide bonds. The molecule has 2 aliphatic heterocycles. The first-order valence-corrected chi connectivity index (χ1v) is 8.01. The zero-order valence-corrected chi connectivity index (χ0v) is 11.8. The molecule has 0 N–H and O–H groups in total. The van der Waals surface area contributed by atoms with Crippen LogP contribution in [0.25, 0.3) is 0 Å². The molecule has 2 heterocycles. The maximum Gasteiger partial charge on any atom is 0.228 e. The lowest BCUT2D eigenvalue weighted by Crippen LogP contribution is -2.59. The van der Waals surface area contributed by atoms with Crippen molar-refractivity contribution in [3.63, 3.8) is 0 Å². The highest BCUT2D eigenvalue weighted by Crippen LogP contribution is 2.22. The van der Waals surface area contributed by atoms with E-state index in [0.717, 1.165) is 0 Å². The van der Waals surface area contributed by atoms with Crippen LogP contribution in [0.15, 0.2) is 0 Å². The van der Waals surface area contributed by atoms with Gasteiger partial charge in [0.2, 0.25) is 15.9 Å². The van der Waals surface area contributed by atoms with Gasteiger partial charge in [0, 0.05) is 26.2 Å². The van der Waals surface area contributed by atoms with Crippen LogP contribution < -0.4 is 0 Å². The van der Waals surface area contributed by atoms with Crippen molar-refractivity contribution in [2.24, 2.45) is 5.92 Å². The second kappa shape index (κ2) is 4.79. The van der Waals surface area contributed by atoms with E-state index >= 15 is 0 Å². The van der Waals surface area contributed by atoms with E-state index in [1.165, 1.54) is 10.6 Å². The number of nitrogens with zero attached hydrogens (tertiary/aromatic N) is 2. The Labute approximate surface area is 108 Å². The van der Waals surface area contributed by atoms with Crippen LogP contribution in [0.2, 0.25) is 0 Å². The fraction of sp³-hybridized carbons (Fsp3) is 0.909. The van der Waals surface area contributed by atoms with Crippen molar-refractivity contribution in [2.45, 2.75) is 26.1 Å². The van der Waals surface area contributed by atoms with Gasteiger partial charge in [-0.05, 0) is 13.8 Å². The van der Waals surface area contributed by atoms with Crippen LogP contribution in [-0.2, 0) is 19.6 Å². The molecule has 104 valence electrons. The number of amides is 1. The molecule has 0 spiro atoms. The van der Waals surface area contributed by atoms with Crippen molar-refractivity contribution in [3.8, 4) is 0 Å². The minimum absolute atomic E-state index is 0.0452. The fourth-order valence-corrected chi connectivity index (χ4v) is 3.38. The van der Waals surface area contributed by atoms with Gasteiger partial charge in [0.1, 0.15) is 0 Å². The number of morpholine rings is 1. The van der Waals surface area contributed by atoms with Gasteiger partial charge in [-0.1, -0.05) is 0 Å². The minimum Gasteiger partial charge on any atom is -0.372 e. The van der Waals surface area contributed by atoms with E-state index in [2.05, 4.69) is 0 Å². The number of carbonyl (C=O) groups excluding carboxylic acids is 1. The van der Waals surface area contributed by atoms with E-state index in [-0.39, 0.29) is 24.0 Å². The van der Waals surface area contributed by atoms with Gasteiger partial charge >= 0.3 is 0 Å². The highest BCUT2D eigenvalue weighted by molar-refractivity contribution is 7.88. The third-order valence-corrected chi connectivity index (χ3v) is 4.63. The average Bonchev–Trinajstić information content (AvgIpc) is 2.10. The molecular weight excluding hydrogens is 256 g/mol. The summed E-state index contributed by atoms with van der Waals surface area (Å²) >= 11 is 0. The Kier molecular flexibility index (Phi) is 3.66. The lowest BCUT2D eigenvalue weighted by atomic mass is 10.0. The van der Waals surface area contributed by atoms with Gasteiger partial charge in [0.25, 0.3) is 0 Å². The number of hydrogen-bond donors (Lipinski definition) is 0. The van der Waals surface area contributed by atoms with E-state index in [9.17, 15) is 13.2 Å². The molecule has 18 heavy (non-hydrogen) atoms. The molecule has 2 fully saturated rings. The zero-order valence-electron chi connectivity index (χ0n) is 11.0. The Morgan fingerprint density at radius 1 is 1.11 bits per heavy atom. The van der Waals surface area contributed by atoms with Crippen LogP contribution >= 0.6 is 0 Å². The largest absolute Gasteiger partial charge is 0.372 e. The number of hydrogen-bond acceptors (Lipinski definition) is 4. The predicted octanol–water partition coefficient (Wildman–Crippen LogP) is -0.486. The summed E-state index contributed by atoms with van der Waals surface area (Å²) in [5, 5.41) is 0. The summed E-state index contributed by atoms with van der Waals surface area (Å²) in [7, 11) is -3.15. The Hall–Kier alpha value is -0.660. The molecule has 2 atom stereocenters. The van der Waals surface area contributed by atoms with Crippen molar-refractivity contribution in [2.75, 3.05) is 32.4 Å². The van der Waals surface area contributed by atoms with Crippen molar-refractivity contribution in [1.82, 2.24) is 9.21 Å². The predicted molar refractivity (Wildman–Crippen MR) is 66.5 cm³/mol. The molecule has 2 aliphatic rings. The molecule has 2 saturated heterocycles. The van der Waals surface area contributed by atoms with Gasteiger partial charge in [-0.25, -0.2) is 12.7 Å². The molecular formula is C11H20N2O4S. The smallest absolute Gasteiger partial charge is 0.228 e. The van der Waals surface area contributed by atoms with Crippen molar-refractivity contribution < 1.29 is 17.9 Å². The molecule has 2 rings (SSSR count). The first-order chi connectivity index (χ1) is 8.27. The minimum atomic E-state index is -3.15. The summed E-state index contributed by atoms with van der Waals surface area (Å²) in [5.41, 5.74) is 0. The molecule has 0 aliphatic carbocycles. The van der Waals surface area contributed by atoms with Crippen LogP contribution in [0.4, 0.5) is 0 Å². The van der Waals surface area contributed by atoms with Crippen molar-refractivity contribution in [3.05, 3.63) is 0 Å². The van der Waals surface area contributed by atoms with Crippen molar-refractivity contribution >= 4 is 15.9 Å². The second-order valence-corrected chi connectivity index (χ2v) is 7.26. The summed E-state index contributed by atoms with van der Waals surface area (Å²) in [6.07, 6.45) is 1.26. The van der Waals surface area contributed by atoms with Gasteiger partial charge in [-0.3, -0.25) is 4.79 Å². The highest BCUT2D eigenvalue weighted by atomic mass is 32.2. The molecule has 0 radical (unpaired) electrons. The van der Waals surface area contributed by atoms with E-state index < -0.39 is 10.0 Å².